The molecule has 2 aromatic rings. The van der Waals surface area contributed by atoms with E-state index in [1.165, 1.54) is 12.3 Å². The van der Waals surface area contributed by atoms with Gasteiger partial charge in [-0.25, -0.2) is 18.7 Å². The predicted octanol–water partition coefficient (Wildman–Crippen LogP) is 2.71. The molecule has 2 amide bonds. The highest BCUT2D eigenvalue weighted by Crippen LogP contribution is 2.41. The molecule has 3 N–H and O–H groups in total. The quantitative estimate of drug-likeness (QED) is 0.609. The van der Waals surface area contributed by atoms with Crippen molar-refractivity contribution in [1.82, 2.24) is 25.2 Å². The molecule has 3 heterocycles. The first-order valence-electron chi connectivity index (χ1n) is 10.4. The lowest BCUT2D eigenvalue weighted by atomic mass is 9.81. The number of carbonyl (C=O) groups is 2. The summed E-state index contributed by atoms with van der Waals surface area (Å²) in [7, 11) is 0. The predicted molar refractivity (Wildman–Crippen MR) is 112 cm³/mol. The molecule has 10 heteroatoms. The van der Waals surface area contributed by atoms with Crippen LogP contribution in [0.5, 0.6) is 0 Å². The van der Waals surface area contributed by atoms with Crippen LogP contribution < -0.4 is 10.6 Å². The molecule has 2 fully saturated rings. The van der Waals surface area contributed by atoms with Gasteiger partial charge in [-0.15, -0.1) is 0 Å². The van der Waals surface area contributed by atoms with Crippen LogP contribution in [0.1, 0.15) is 43.0 Å². The van der Waals surface area contributed by atoms with Crippen molar-refractivity contribution in [2.45, 2.75) is 44.1 Å². The molecular formula is C21H26F2N6O2. The third-order valence-electron chi connectivity index (χ3n) is 6.13. The maximum absolute atomic E-state index is 13.0. The fraction of sp³-hybridized carbons (Fsp3) is 0.524. The molecule has 2 aliphatic rings. The van der Waals surface area contributed by atoms with Crippen molar-refractivity contribution in [1.29, 1.82) is 0 Å². The maximum atomic E-state index is 13.0. The molecule has 31 heavy (non-hydrogen) atoms. The van der Waals surface area contributed by atoms with Gasteiger partial charge in [0.25, 0.3) is 5.91 Å². The Morgan fingerprint density at radius 1 is 1.35 bits per heavy atom. The fourth-order valence-corrected chi connectivity index (χ4v) is 4.17. The van der Waals surface area contributed by atoms with E-state index in [9.17, 15) is 18.4 Å². The Bertz CT molecular complexity index is 1000. The number of hydrogen-bond acceptors (Lipinski definition) is 5. The average molecular weight is 432 g/mol. The zero-order chi connectivity index (χ0) is 22.2. The number of aromatic amines is 1. The third kappa shape index (κ3) is 4.52. The zero-order valence-electron chi connectivity index (χ0n) is 17.4. The second-order valence-corrected chi connectivity index (χ2v) is 8.71. The number of rotatable bonds is 6. The summed E-state index contributed by atoms with van der Waals surface area (Å²) >= 11 is 0. The number of carbonyl (C=O) groups excluding carboxylic acids is 2. The molecule has 1 saturated carbocycles. The van der Waals surface area contributed by atoms with Crippen LogP contribution in [0.2, 0.25) is 0 Å². The van der Waals surface area contributed by atoms with Crippen molar-refractivity contribution < 1.29 is 18.4 Å². The Morgan fingerprint density at radius 3 is 2.71 bits per heavy atom. The van der Waals surface area contributed by atoms with Gasteiger partial charge in [-0.3, -0.25) is 9.59 Å². The monoisotopic (exact) mass is 432 g/mol. The average Bonchev–Trinajstić information content (AvgIpc) is 3.13. The van der Waals surface area contributed by atoms with E-state index < -0.39 is 5.92 Å². The Labute approximate surface area is 178 Å². The highest BCUT2D eigenvalue weighted by molar-refractivity contribution is 6.04. The van der Waals surface area contributed by atoms with E-state index in [-0.39, 0.29) is 42.7 Å². The minimum Gasteiger partial charge on any atom is -0.363 e. The van der Waals surface area contributed by atoms with Gasteiger partial charge in [0.15, 0.2) is 5.65 Å². The van der Waals surface area contributed by atoms with Gasteiger partial charge in [0.05, 0.1) is 11.8 Å². The number of halogens is 2. The second kappa shape index (κ2) is 7.90. The first-order chi connectivity index (χ1) is 14.7. The van der Waals surface area contributed by atoms with Crippen LogP contribution >= 0.6 is 0 Å². The molecule has 0 radical (unpaired) electrons. The summed E-state index contributed by atoms with van der Waals surface area (Å²) in [6, 6.07) is 0. The Kier molecular flexibility index (Phi) is 5.40. The molecule has 0 aromatic carbocycles. The molecule has 0 spiro atoms. The normalized spacial score (nSPS) is 20.2. The molecule has 8 nitrogen and oxygen atoms in total. The first-order valence-corrected chi connectivity index (χ1v) is 10.4. The smallest absolute Gasteiger partial charge is 0.255 e. The van der Waals surface area contributed by atoms with Crippen molar-refractivity contribution in [2.75, 3.05) is 25.0 Å². The van der Waals surface area contributed by atoms with E-state index in [1.807, 2.05) is 0 Å². The summed E-state index contributed by atoms with van der Waals surface area (Å²) in [5, 5.41) is 6.11. The third-order valence-corrected chi connectivity index (χ3v) is 6.13. The Hall–Kier alpha value is -3.04. The number of alkyl halides is 2. The van der Waals surface area contributed by atoms with Crippen molar-refractivity contribution >= 4 is 28.8 Å². The summed E-state index contributed by atoms with van der Waals surface area (Å²) in [5.74, 6) is -2.71. The van der Waals surface area contributed by atoms with Gasteiger partial charge >= 0.3 is 0 Å². The van der Waals surface area contributed by atoms with Gasteiger partial charge in [0.2, 0.25) is 11.8 Å². The van der Waals surface area contributed by atoms with Crippen LogP contribution in [0, 0.1) is 5.92 Å². The Morgan fingerprint density at radius 2 is 2.06 bits per heavy atom. The molecular weight excluding hydrogens is 406 g/mol. The molecule has 0 bridgehead atoms. The van der Waals surface area contributed by atoms with Gasteiger partial charge in [-0.2, -0.15) is 0 Å². The highest BCUT2D eigenvalue weighted by atomic mass is 19.3. The van der Waals surface area contributed by atoms with Crippen molar-refractivity contribution in [2.24, 2.45) is 5.92 Å². The molecule has 4 rings (SSSR count). The SMILES string of the molecule is C=CC(=O)N1CCC(C)(Nc2cnc3[nH]cc(C(=O)NCC4CC(F)(F)C4)c3n2)CC1. The van der Waals surface area contributed by atoms with Crippen LogP contribution in [-0.4, -0.2) is 62.8 Å². The van der Waals surface area contributed by atoms with Crippen LogP contribution in [0.3, 0.4) is 0 Å². The molecule has 0 unspecified atom stereocenters. The minimum atomic E-state index is -2.60. The molecule has 1 aliphatic carbocycles. The van der Waals surface area contributed by atoms with Gasteiger partial charge < -0.3 is 20.5 Å². The highest BCUT2D eigenvalue weighted by Gasteiger charge is 2.45. The summed E-state index contributed by atoms with van der Waals surface area (Å²) in [6.07, 6.45) is 5.54. The number of likely N-dealkylation sites (tertiary alicyclic amines) is 1. The van der Waals surface area contributed by atoms with Crippen LogP contribution in [0.4, 0.5) is 14.6 Å². The number of fused-ring (bicyclic) bond motifs is 1. The van der Waals surface area contributed by atoms with E-state index in [2.05, 4.69) is 39.1 Å². The first kappa shape index (κ1) is 21.2. The number of piperidine rings is 1. The van der Waals surface area contributed by atoms with Gasteiger partial charge in [-0.05, 0) is 31.8 Å². The lowest BCUT2D eigenvalue weighted by molar-refractivity contribution is -0.127. The molecule has 0 atom stereocenters. The van der Waals surface area contributed by atoms with Gasteiger partial charge in [0.1, 0.15) is 11.3 Å². The largest absolute Gasteiger partial charge is 0.363 e. The number of aromatic nitrogens is 3. The lowest BCUT2D eigenvalue weighted by Gasteiger charge is -2.39. The van der Waals surface area contributed by atoms with E-state index in [1.54, 1.807) is 11.1 Å². The van der Waals surface area contributed by atoms with E-state index in [0.29, 0.717) is 35.6 Å². The van der Waals surface area contributed by atoms with Crippen LogP contribution in [-0.2, 0) is 4.79 Å². The number of nitrogens with one attached hydrogen (secondary N) is 3. The Balaban J connectivity index is 1.41. The van der Waals surface area contributed by atoms with E-state index in [0.717, 1.165) is 12.8 Å². The topological polar surface area (TPSA) is 103 Å². The number of anilines is 1. The standard InChI is InChI=1S/C21H26F2N6O2/c1-3-16(30)29-6-4-20(2,5-7-29)28-15-12-25-18-17(27-15)14(11-24-18)19(31)26-10-13-8-21(22,23)9-13/h3,11-13H,1,4-10H2,2H3,(H,24,25)(H,26,31)(H,27,28). The number of amides is 2. The fourth-order valence-electron chi connectivity index (χ4n) is 4.17. The van der Waals surface area contributed by atoms with Crippen LogP contribution in [0.25, 0.3) is 11.2 Å². The van der Waals surface area contributed by atoms with Gasteiger partial charge in [0, 0.05) is 44.2 Å². The van der Waals surface area contributed by atoms with Crippen LogP contribution in [0.15, 0.2) is 25.0 Å². The lowest BCUT2D eigenvalue weighted by Crippen LogP contribution is -2.48. The van der Waals surface area contributed by atoms with E-state index in [4.69, 9.17) is 0 Å². The number of H-pyrrole nitrogens is 1. The summed E-state index contributed by atoms with van der Waals surface area (Å²) < 4.78 is 25.9. The summed E-state index contributed by atoms with van der Waals surface area (Å²) in [6.45, 7) is 7.03. The molecule has 1 saturated heterocycles. The van der Waals surface area contributed by atoms with Crippen molar-refractivity contribution in [3.05, 3.63) is 30.6 Å². The zero-order valence-corrected chi connectivity index (χ0v) is 17.4. The molecule has 2 aromatic heterocycles. The van der Waals surface area contributed by atoms with Gasteiger partial charge in [-0.1, -0.05) is 6.58 Å². The number of nitrogens with zero attached hydrogens (tertiary/aromatic N) is 3. The minimum absolute atomic E-state index is 0.0724. The van der Waals surface area contributed by atoms with Crippen molar-refractivity contribution in [3.63, 3.8) is 0 Å². The number of hydrogen-bond donors (Lipinski definition) is 3. The van der Waals surface area contributed by atoms with Crippen molar-refractivity contribution in [3.8, 4) is 0 Å². The summed E-state index contributed by atoms with van der Waals surface area (Å²) in [4.78, 5) is 38.0. The summed E-state index contributed by atoms with van der Waals surface area (Å²) in [5.41, 5.74) is 0.953. The second-order valence-electron chi connectivity index (χ2n) is 8.71. The molecule has 1 aliphatic heterocycles. The van der Waals surface area contributed by atoms with E-state index >= 15 is 0 Å². The molecule has 166 valence electrons. The maximum Gasteiger partial charge on any atom is 0.255 e.